The molecule has 0 unspecified atom stereocenters. The van der Waals surface area contributed by atoms with Crippen LogP contribution in [-0.2, 0) is 4.79 Å². The maximum atomic E-state index is 13.1. The molecular formula is C27H30N2O4. The summed E-state index contributed by atoms with van der Waals surface area (Å²) in [7, 11) is 0. The van der Waals surface area contributed by atoms with Crippen LogP contribution in [0.25, 0.3) is 0 Å². The van der Waals surface area contributed by atoms with Gasteiger partial charge in [-0.15, -0.1) is 0 Å². The molecular weight excluding hydrogens is 416 g/mol. The molecule has 6 heteroatoms. The molecule has 0 atom stereocenters. The second-order valence-corrected chi connectivity index (χ2v) is 8.32. The Hall–Kier alpha value is -3.54. The first kappa shape index (κ1) is 22.6. The zero-order chi connectivity index (χ0) is 22.9. The number of anilines is 1. The van der Waals surface area contributed by atoms with Crippen molar-refractivity contribution in [3.05, 3.63) is 78.8 Å². The molecule has 33 heavy (non-hydrogen) atoms. The first-order valence-electron chi connectivity index (χ1n) is 11.7. The molecule has 1 aliphatic rings. The van der Waals surface area contributed by atoms with Gasteiger partial charge in [-0.25, -0.2) is 0 Å². The summed E-state index contributed by atoms with van der Waals surface area (Å²) >= 11 is 0. The van der Waals surface area contributed by atoms with Crippen LogP contribution in [0, 0.1) is 5.92 Å². The summed E-state index contributed by atoms with van der Waals surface area (Å²) < 4.78 is 11.2. The van der Waals surface area contributed by atoms with Crippen molar-refractivity contribution < 1.29 is 18.7 Å². The number of hydrogen-bond donors (Lipinski definition) is 1. The van der Waals surface area contributed by atoms with Crippen molar-refractivity contribution in [3.8, 4) is 11.5 Å². The first-order valence-corrected chi connectivity index (χ1v) is 11.7. The molecule has 2 amide bonds. The highest BCUT2D eigenvalue weighted by atomic mass is 16.5. The third-order valence-electron chi connectivity index (χ3n) is 5.94. The number of amides is 2. The maximum Gasteiger partial charge on any atom is 0.293 e. The van der Waals surface area contributed by atoms with E-state index in [-0.39, 0.29) is 23.5 Å². The van der Waals surface area contributed by atoms with Gasteiger partial charge in [0.05, 0.1) is 6.26 Å². The SMILES string of the molecule is O=C(NCCCN(C(=O)c1ccco1)c1ccc(Oc2ccccc2)cc1)C1CCCCC1. The van der Waals surface area contributed by atoms with Crippen molar-refractivity contribution in [1.29, 1.82) is 0 Å². The lowest BCUT2D eigenvalue weighted by atomic mass is 9.89. The van der Waals surface area contributed by atoms with Gasteiger partial charge in [0.25, 0.3) is 5.91 Å². The quantitative estimate of drug-likeness (QED) is 0.421. The normalized spacial score (nSPS) is 13.9. The molecule has 6 nitrogen and oxygen atoms in total. The summed E-state index contributed by atoms with van der Waals surface area (Å²) in [4.78, 5) is 27.2. The van der Waals surface area contributed by atoms with Gasteiger partial charge in [0.2, 0.25) is 5.91 Å². The Kier molecular flexibility index (Phi) is 7.80. The second-order valence-electron chi connectivity index (χ2n) is 8.32. The minimum absolute atomic E-state index is 0.136. The van der Waals surface area contributed by atoms with E-state index in [4.69, 9.17) is 9.15 Å². The summed E-state index contributed by atoms with van der Waals surface area (Å²) in [5, 5.41) is 3.05. The van der Waals surface area contributed by atoms with E-state index in [9.17, 15) is 9.59 Å². The summed E-state index contributed by atoms with van der Waals surface area (Å²) in [6, 6.07) is 20.3. The van der Waals surface area contributed by atoms with Gasteiger partial charge in [-0.3, -0.25) is 9.59 Å². The van der Waals surface area contributed by atoms with Gasteiger partial charge >= 0.3 is 0 Å². The number of nitrogens with zero attached hydrogens (tertiary/aromatic N) is 1. The van der Waals surface area contributed by atoms with Crippen LogP contribution in [0.1, 0.15) is 49.1 Å². The molecule has 172 valence electrons. The Balaban J connectivity index is 1.38. The molecule has 0 aliphatic heterocycles. The van der Waals surface area contributed by atoms with E-state index in [0.717, 1.165) is 37.1 Å². The Morgan fingerprint density at radius 2 is 1.64 bits per heavy atom. The molecule has 1 aromatic heterocycles. The molecule has 4 rings (SSSR count). The van der Waals surface area contributed by atoms with Crippen LogP contribution in [0.4, 0.5) is 5.69 Å². The van der Waals surface area contributed by atoms with Crippen molar-refractivity contribution in [2.45, 2.75) is 38.5 Å². The molecule has 0 saturated heterocycles. The van der Waals surface area contributed by atoms with Crippen molar-refractivity contribution in [2.24, 2.45) is 5.92 Å². The lowest BCUT2D eigenvalue weighted by molar-refractivity contribution is -0.125. The molecule has 1 fully saturated rings. The molecule has 1 aliphatic carbocycles. The lowest BCUT2D eigenvalue weighted by Crippen LogP contribution is -2.36. The standard InChI is InChI=1S/C27H30N2O4/c30-26(21-9-3-1-4-10-21)28-18-8-19-29(27(31)25-13-7-20-32-25)22-14-16-24(17-15-22)33-23-11-5-2-6-12-23/h2,5-7,11-17,20-21H,1,3-4,8-10,18-19H2,(H,28,30). The van der Waals surface area contributed by atoms with Crippen LogP contribution in [0.2, 0.25) is 0 Å². The molecule has 0 radical (unpaired) electrons. The van der Waals surface area contributed by atoms with Gasteiger partial charge in [0.15, 0.2) is 5.76 Å². The minimum atomic E-state index is -0.213. The average molecular weight is 447 g/mol. The van der Waals surface area contributed by atoms with E-state index in [1.165, 1.54) is 12.7 Å². The van der Waals surface area contributed by atoms with Crippen LogP contribution in [-0.4, -0.2) is 24.9 Å². The number of para-hydroxylation sites is 1. The molecule has 1 N–H and O–H groups in total. The minimum Gasteiger partial charge on any atom is -0.459 e. The van der Waals surface area contributed by atoms with E-state index >= 15 is 0 Å². The maximum absolute atomic E-state index is 13.1. The van der Waals surface area contributed by atoms with Gasteiger partial charge in [-0.1, -0.05) is 37.5 Å². The van der Waals surface area contributed by atoms with E-state index in [1.54, 1.807) is 17.0 Å². The summed E-state index contributed by atoms with van der Waals surface area (Å²) in [5.41, 5.74) is 0.746. The van der Waals surface area contributed by atoms with Crippen molar-refractivity contribution in [2.75, 3.05) is 18.0 Å². The highest BCUT2D eigenvalue weighted by molar-refractivity contribution is 6.04. The Bertz CT molecular complexity index is 1010. The van der Waals surface area contributed by atoms with Gasteiger partial charge in [0.1, 0.15) is 11.5 Å². The number of carbonyl (C=O) groups is 2. The summed E-state index contributed by atoms with van der Waals surface area (Å²) in [5.74, 6) is 1.79. The highest BCUT2D eigenvalue weighted by Crippen LogP contribution is 2.26. The predicted molar refractivity (Wildman–Crippen MR) is 128 cm³/mol. The fourth-order valence-corrected chi connectivity index (χ4v) is 4.16. The fourth-order valence-electron chi connectivity index (χ4n) is 4.16. The van der Waals surface area contributed by atoms with Crippen LogP contribution >= 0.6 is 0 Å². The van der Waals surface area contributed by atoms with Gasteiger partial charge in [-0.2, -0.15) is 0 Å². The number of carbonyl (C=O) groups excluding carboxylic acids is 2. The van der Waals surface area contributed by atoms with E-state index in [1.807, 2.05) is 54.6 Å². The third-order valence-corrected chi connectivity index (χ3v) is 5.94. The van der Waals surface area contributed by atoms with Crippen molar-refractivity contribution >= 4 is 17.5 Å². The Morgan fingerprint density at radius 1 is 0.909 bits per heavy atom. The van der Waals surface area contributed by atoms with Crippen LogP contribution < -0.4 is 15.0 Å². The molecule has 2 aromatic carbocycles. The number of rotatable bonds is 9. The summed E-state index contributed by atoms with van der Waals surface area (Å²) in [6.45, 7) is 0.996. The zero-order valence-corrected chi connectivity index (χ0v) is 18.7. The molecule has 1 saturated carbocycles. The second kappa shape index (κ2) is 11.4. The third kappa shape index (κ3) is 6.25. The molecule has 3 aromatic rings. The van der Waals surface area contributed by atoms with Gasteiger partial charge < -0.3 is 19.4 Å². The average Bonchev–Trinajstić information content (AvgIpc) is 3.41. The van der Waals surface area contributed by atoms with E-state index < -0.39 is 0 Å². The van der Waals surface area contributed by atoms with Gasteiger partial charge in [0, 0.05) is 24.7 Å². The molecule has 0 spiro atoms. The zero-order valence-electron chi connectivity index (χ0n) is 18.7. The van der Waals surface area contributed by atoms with Crippen LogP contribution in [0.15, 0.2) is 77.4 Å². The number of furan rings is 1. The smallest absolute Gasteiger partial charge is 0.293 e. The molecule has 1 heterocycles. The van der Waals surface area contributed by atoms with E-state index in [0.29, 0.717) is 25.3 Å². The fraction of sp³-hybridized carbons (Fsp3) is 0.333. The first-order chi connectivity index (χ1) is 16.2. The predicted octanol–water partition coefficient (Wildman–Crippen LogP) is 5.81. The Morgan fingerprint density at radius 3 is 2.33 bits per heavy atom. The van der Waals surface area contributed by atoms with Crippen molar-refractivity contribution in [1.82, 2.24) is 5.32 Å². The number of hydrogen-bond acceptors (Lipinski definition) is 4. The van der Waals surface area contributed by atoms with Crippen molar-refractivity contribution in [3.63, 3.8) is 0 Å². The Labute approximate surface area is 194 Å². The lowest BCUT2D eigenvalue weighted by Gasteiger charge is -2.23. The topological polar surface area (TPSA) is 71.8 Å². The summed E-state index contributed by atoms with van der Waals surface area (Å²) in [6.07, 6.45) is 7.59. The van der Waals surface area contributed by atoms with Crippen LogP contribution in [0.5, 0.6) is 11.5 Å². The number of benzene rings is 2. The number of ether oxygens (including phenoxy) is 1. The largest absolute Gasteiger partial charge is 0.459 e. The number of nitrogens with one attached hydrogen (secondary N) is 1. The molecule has 0 bridgehead atoms. The highest BCUT2D eigenvalue weighted by Gasteiger charge is 2.22. The van der Waals surface area contributed by atoms with Gasteiger partial charge in [-0.05, 0) is 67.8 Å². The van der Waals surface area contributed by atoms with E-state index in [2.05, 4.69) is 5.32 Å². The van der Waals surface area contributed by atoms with Crippen LogP contribution in [0.3, 0.4) is 0 Å². The monoisotopic (exact) mass is 446 g/mol.